The van der Waals surface area contributed by atoms with Crippen molar-refractivity contribution in [1.82, 2.24) is 14.9 Å². The number of aromatic nitrogens is 2. The van der Waals surface area contributed by atoms with Crippen LogP contribution in [0.4, 0.5) is 0 Å². The molecule has 1 fully saturated rings. The van der Waals surface area contributed by atoms with E-state index in [0.29, 0.717) is 37.1 Å². The third kappa shape index (κ3) is 2.37. The molecular formula is C14H19N3O3. The Labute approximate surface area is 117 Å². The molecule has 6 heteroatoms. The van der Waals surface area contributed by atoms with Crippen LogP contribution in [0.15, 0.2) is 12.5 Å². The number of amides is 1. The number of carbonyl (C=O) groups excluding carboxylic acids is 1. The molecule has 0 saturated carbocycles. The molecule has 0 bridgehead atoms. The molecule has 0 aliphatic carbocycles. The second-order valence-electron chi connectivity index (χ2n) is 5.27. The van der Waals surface area contributed by atoms with E-state index in [1.165, 1.54) is 17.4 Å². The van der Waals surface area contributed by atoms with E-state index in [1.54, 1.807) is 6.92 Å². The standard InChI is InChI=1S/C14H19N3O3/c1-3-5-11-10(8-15-9-16-11)12(18)17-7-4-6-14(17,2)13(19)20/h8-9H,3-7H2,1-2H3,(H,19,20). The van der Waals surface area contributed by atoms with Crippen LogP contribution >= 0.6 is 0 Å². The van der Waals surface area contributed by atoms with Crippen LogP contribution in [-0.4, -0.2) is 43.9 Å². The molecule has 6 nitrogen and oxygen atoms in total. The number of carbonyl (C=O) groups is 2. The molecule has 1 N–H and O–H groups in total. The van der Waals surface area contributed by atoms with Crippen molar-refractivity contribution in [2.75, 3.05) is 6.54 Å². The Kier molecular flexibility index (Phi) is 4.01. The van der Waals surface area contributed by atoms with Crippen molar-refractivity contribution in [3.05, 3.63) is 23.8 Å². The number of carboxylic acids is 1. The lowest BCUT2D eigenvalue weighted by Gasteiger charge is -2.31. The summed E-state index contributed by atoms with van der Waals surface area (Å²) in [5.41, 5.74) is -0.0213. The maximum absolute atomic E-state index is 12.6. The molecule has 2 heterocycles. The second kappa shape index (κ2) is 5.56. The fraction of sp³-hybridized carbons (Fsp3) is 0.571. The molecule has 0 spiro atoms. The summed E-state index contributed by atoms with van der Waals surface area (Å²) in [4.78, 5) is 33.6. The zero-order valence-electron chi connectivity index (χ0n) is 11.8. The predicted octanol–water partition coefficient (Wildman–Crippen LogP) is 1.51. The maximum Gasteiger partial charge on any atom is 0.329 e. The molecule has 1 aliphatic rings. The molecule has 20 heavy (non-hydrogen) atoms. The minimum atomic E-state index is -1.13. The minimum absolute atomic E-state index is 0.281. The number of hydrogen-bond acceptors (Lipinski definition) is 4. The first kappa shape index (κ1) is 14.4. The first-order chi connectivity index (χ1) is 9.50. The minimum Gasteiger partial charge on any atom is -0.480 e. The number of aryl methyl sites for hydroxylation is 1. The summed E-state index contributed by atoms with van der Waals surface area (Å²) in [7, 11) is 0. The molecule has 108 valence electrons. The van der Waals surface area contributed by atoms with Gasteiger partial charge in [0.1, 0.15) is 11.9 Å². The normalized spacial score (nSPS) is 22.0. The van der Waals surface area contributed by atoms with Crippen LogP contribution in [-0.2, 0) is 11.2 Å². The molecule has 1 aliphatic heterocycles. The van der Waals surface area contributed by atoms with Crippen molar-refractivity contribution in [3.63, 3.8) is 0 Å². The number of nitrogens with zero attached hydrogens (tertiary/aromatic N) is 3. The van der Waals surface area contributed by atoms with Crippen LogP contribution in [0.25, 0.3) is 0 Å². The molecule has 1 atom stereocenters. The zero-order chi connectivity index (χ0) is 14.8. The lowest BCUT2D eigenvalue weighted by molar-refractivity contribution is -0.147. The van der Waals surface area contributed by atoms with E-state index < -0.39 is 11.5 Å². The van der Waals surface area contributed by atoms with Crippen LogP contribution in [0, 0.1) is 0 Å². The Bertz CT molecular complexity index is 532. The highest BCUT2D eigenvalue weighted by Crippen LogP contribution is 2.31. The largest absolute Gasteiger partial charge is 0.480 e. The number of rotatable bonds is 4. The molecule has 2 rings (SSSR count). The summed E-state index contributed by atoms with van der Waals surface area (Å²) in [5, 5.41) is 9.39. The molecule has 0 aromatic carbocycles. The topological polar surface area (TPSA) is 83.4 Å². The van der Waals surface area contributed by atoms with Gasteiger partial charge in [0.2, 0.25) is 0 Å². The van der Waals surface area contributed by atoms with Gasteiger partial charge >= 0.3 is 5.97 Å². The fourth-order valence-corrected chi connectivity index (χ4v) is 2.63. The van der Waals surface area contributed by atoms with Gasteiger partial charge in [0.05, 0.1) is 11.3 Å². The second-order valence-corrected chi connectivity index (χ2v) is 5.27. The van der Waals surface area contributed by atoms with Gasteiger partial charge in [-0.2, -0.15) is 0 Å². The fourth-order valence-electron chi connectivity index (χ4n) is 2.63. The molecule has 1 saturated heterocycles. The van der Waals surface area contributed by atoms with E-state index in [2.05, 4.69) is 9.97 Å². The van der Waals surface area contributed by atoms with Crippen LogP contribution in [0.3, 0.4) is 0 Å². The van der Waals surface area contributed by atoms with Gasteiger partial charge in [0.15, 0.2) is 0 Å². The number of likely N-dealkylation sites (tertiary alicyclic amines) is 1. The SMILES string of the molecule is CCCc1ncncc1C(=O)N1CCCC1(C)C(=O)O. The van der Waals surface area contributed by atoms with E-state index >= 15 is 0 Å². The maximum atomic E-state index is 12.6. The van der Waals surface area contributed by atoms with Gasteiger partial charge in [-0.15, -0.1) is 0 Å². The number of hydrogen-bond donors (Lipinski definition) is 1. The summed E-state index contributed by atoms with van der Waals surface area (Å²) in [6.45, 7) is 4.07. The highest BCUT2D eigenvalue weighted by Gasteiger charge is 2.46. The summed E-state index contributed by atoms with van der Waals surface area (Å²) < 4.78 is 0. The van der Waals surface area contributed by atoms with Gasteiger partial charge in [-0.1, -0.05) is 13.3 Å². The van der Waals surface area contributed by atoms with E-state index in [4.69, 9.17) is 0 Å². The first-order valence-electron chi connectivity index (χ1n) is 6.85. The first-order valence-corrected chi connectivity index (χ1v) is 6.85. The summed E-state index contributed by atoms with van der Waals surface area (Å²) in [6, 6.07) is 0. The third-order valence-electron chi connectivity index (χ3n) is 3.86. The monoisotopic (exact) mass is 277 g/mol. The quantitative estimate of drug-likeness (QED) is 0.901. The average molecular weight is 277 g/mol. The molecule has 1 amide bonds. The van der Waals surface area contributed by atoms with Crippen molar-refractivity contribution in [2.24, 2.45) is 0 Å². The molecule has 1 unspecified atom stereocenters. The van der Waals surface area contributed by atoms with Crippen molar-refractivity contribution in [2.45, 2.75) is 45.1 Å². The molecular weight excluding hydrogens is 258 g/mol. The van der Waals surface area contributed by atoms with E-state index in [1.807, 2.05) is 6.92 Å². The third-order valence-corrected chi connectivity index (χ3v) is 3.86. The van der Waals surface area contributed by atoms with Crippen molar-refractivity contribution >= 4 is 11.9 Å². The summed E-state index contributed by atoms with van der Waals surface area (Å²) >= 11 is 0. The lowest BCUT2D eigenvalue weighted by atomic mass is 9.98. The van der Waals surface area contributed by atoms with Crippen molar-refractivity contribution in [1.29, 1.82) is 0 Å². The number of carboxylic acid groups (broad SMARTS) is 1. The van der Waals surface area contributed by atoms with Gasteiger partial charge in [-0.25, -0.2) is 14.8 Å². The highest BCUT2D eigenvalue weighted by atomic mass is 16.4. The van der Waals surface area contributed by atoms with Crippen molar-refractivity contribution < 1.29 is 14.7 Å². The Hall–Kier alpha value is -1.98. The average Bonchev–Trinajstić information content (AvgIpc) is 2.82. The molecule has 1 aromatic heterocycles. The molecule has 1 aromatic rings. The van der Waals surface area contributed by atoms with Gasteiger partial charge in [0.25, 0.3) is 5.91 Å². The lowest BCUT2D eigenvalue weighted by Crippen LogP contribution is -2.51. The summed E-state index contributed by atoms with van der Waals surface area (Å²) in [5.74, 6) is -1.24. The van der Waals surface area contributed by atoms with Gasteiger partial charge in [-0.3, -0.25) is 4.79 Å². The molecule has 0 radical (unpaired) electrons. The van der Waals surface area contributed by atoms with E-state index in [0.717, 1.165) is 6.42 Å². The Morgan fingerprint density at radius 1 is 1.50 bits per heavy atom. The van der Waals surface area contributed by atoms with Crippen molar-refractivity contribution in [3.8, 4) is 0 Å². The van der Waals surface area contributed by atoms with E-state index in [9.17, 15) is 14.7 Å². The summed E-state index contributed by atoms with van der Waals surface area (Å²) in [6.07, 6.45) is 5.63. The smallest absolute Gasteiger partial charge is 0.329 e. The van der Waals surface area contributed by atoms with Gasteiger partial charge < -0.3 is 10.0 Å². The predicted molar refractivity (Wildman–Crippen MR) is 72.3 cm³/mol. The van der Waals surface area contributed by atoms with Crippen LogP contribution in [0.5, 0.6) is 0 Å². The van der Waals surface area contributed by atoms with Gasteiger partial charge in [0, 0.05) is 12.7 Å². The Morgan fingerprint density at radius 2 is 2.25 bits per heavy atom. The Morgan fingerprint density at radius 3 is 2.90 bits per heavy atom. The zero-order valence-corrected chi connectivity index (χ0v) is 11.8. The number of aliphatic carboxylic acids is 1. The van der Waals surface area contributed by atoms with Crippen LogP contribution in [0.2, 0.25) is 0 Å². The van der Waals surface area contributed by atoms with Crippen LogP contribution in [0.1, 0.15) is 49.2 Å². The van der Waals surface area contributed by atoms with Gasteiger partial charge in [-0.05, 0) is 26.2 Å². The van der Waals surface area contributed by atoms with E-state index in [-0.39, 0.29) is 5.91 Å². The highest BCUT2D eigenvalue weighted by molar-refractivity contribution is 5.98. The van der Waals surface area contributed by atoms with Crippen LogP contribution < -0.4 is 0 Å². The Balaban J connectivity index is 2.34.